The monoisotopic (exact) mass is 577 g/mol. The first-order chi connectivity index (χ1) is 20.9. The van der Waals surface area contributed by atoms with Crippen molar-refractivity contribution in [3.8, 4) is 0 Å². The summed E-state index contributed by atoms with van der Waals surface area (Å²) >= 11 is 0. The van der Waals surface area contributed by atoms with E-state index in [-0.39, 0.29) is 37.2 Å². The Balaban J connectivity index is 1.23. The summed E-state index contributed by atoms with van der Waals surface area (Å²) in [6.45, 7) is 2.43. The predicted octanol–water partition coefficient (Wildman–Crippen LogP) is 4.90. The minimum absolute atomic E-state index is 0.111. The maximum atomic E-state index is 13.5. The SMILES string of the molecule is Cc1ccc(NC(CNC(=O)OCc2ccccc2)Cc2ccccc2)c(=O)n1CC(=O)NCc1ccc2[nH]ccc2c1. The number of aromatic amines is 1. The summed E-state index contributed by atoms with van der Waals surface area (Å²) in [6.07, 6.45) is 1.89. The topological polar surface area (TPSA) is 117 Å². The molecule has 0 fully saturated rings. The zero-order chi connectivity index (χ0) is 30.0. The number of nitrogens with zero attached hydrogens (tertiary/aromatic N) is 1. The van der Waals surface area contributed by atoms with Gasteiger partial charge in [-0.1, -0.05) is 66.7 Å². The van der Waals surface area contributed by atoms with Crippen LogP contribution >= 0.6 is 0 Å². The Bertz CT molecular complexity index is 1730. The standard InChI is InChI=1S/C34H35N5O4/c1-24-12-14-31(33(41)39(24)22-32(40)36-20-27-13-15-30-28(18-27)16-17-35-30)38-29(19-25-8-4-2-5-9-25)21-37-34(42)43-23-26-10-6-3-7-11-26/h2-18,29,35,38H,19-23H2,1H3,(H,36,40)(H,37,42). The van der Waals surface area contributed by atoms with Gasteiger partial charge in [-0.05, 0) is 65.8 Å². The van der Waals surface area contributed by atoms with Crippen molar-refractivity contribution in [3.05, 3.63) is 136 Å². The van der Waals surface area contributed by atoms with Gasteiger partial charge in [-0.15, -0.1) is 0 Å². The van der Waals surface area contributed by atoms with Crippen LogP contribution in [0.15, 0.2) is 108 Å². The molecular formula is C34H35N5O4. The van der Waals surface area contributed by atoms with E-state index in [0.29, 0.717) is 24.3 Å². The van der Waals surface area contributed by atoms with Crippen LogP contribution in [0.4, 0.5) is 10.5 Å². The normalized spacial score (nSPS) is 11.6. The third kappa shape index (κ3) is 8.13. The maximum absolute atomic E-state index is 13.5. The smallest absolute Gasteiger partial charge is 0.407 e. The van der Waals surface area contributed by atoms with Gasteiger partial charge in [0, 0.05) is 36.5 Å². The molecule has 0 radical (unpaired) electrons. The Morgan fingerprint density at radius 3 is 2.37 bits per heavy atom. The number of benzene rings is 3. The quantitative estimate of drug-likeness (QED) is 0.168. The zero-order valence-electron chi connectivity index (χ0n) is 24.0. The molecule has 220 valence electrons. The Hall–Kier alpha value is -5.31. The molecule has 5 aromatic rings. The van der Waals surface area contributed by atoms with Gasteiger partial charge in [0.25, 0.3) is 5.56 Å². The van der Waals surface area contributed by atoms with Crippen LogP contribution in [0.25, 0.3) is 10.9 Å². The largest absolute Gasteiger partial charge is 0.445 e. The van der Waals surface area contributed by atoms with Crippen molar-refractivity contribution in [2.75, 3.05) is 11.9 Å². The summed E-state index contributed by atoms with van der Waals surface area (Å²) < 4.78 is 6.82. The molecule has 0 saturated heterocycles. The molecule has 2 aromatic heterocycles. The number of hydrogen-bond acceptors (Lipinski definition) is 5. The number of pyridine rings is 1. The summed E-state index contributed by atoms with van der Waals surface area (Å²) in [7, 11) is 0. The maximum Gasteiger partial charge on any atom is 0.407 e. The summed E-state index contributed by atoms with van der Waals surface area (Å²) in [5.41, 5.74) is 4.64. The molecule has 43 heavy (non-hydrogen) atoms. The number of aromatic nitrogens is 2. The predicted molar refractivity (Wildman–Crippen MR) is 168 cm³/mol. The zero-order valence-corrected chi connectivity index (χ0v) is 24.0. The lowest BCUT2D eigenvalue weighted by molar-refractivity contribution is -0.121. The fourth-order valence-corrected chi connectivity index (χ4v) is 4.86. The van der Waals surface area contributed by atoms with E-state index in [4.69, 9.17) is 4.74 Å². The van der Waals surface area contributed by atoms with Crippen molar-refractivity contribution in [3.63, 3.8) is 0 Å². The summed E-state index contributed by atoms with van der Waals surface area (Å²) in [5.74, 6) is -0.264. The van der Waals surface area contributed by atoms with E-state index in [1.807, 2.05) is 91.1 Å². The number of rotatable bonds is 12. The second-order valence-corrected chi connectivity index (χ2v) is 10.4. The van der Waals surface area contributed by atoms with E-state index in [0.717, 1.165) is 27.6 Å². The van der Waals surface area contributed by atoms with Crippen molar-refractivity contribution >= 4 is 28.6 Å². The van der Waals surface area contributed by atoms with Crippen LogP contribution in [-0.2, 0) is 35.6 Å². The van der Waals surface area contributed by atoms with Crippen LogP contribution in [0, 0.1) is 6.92 Å². The molecule has 1 atom stereocenters. The molecule has 3 aromatic carbocycles. The molecule has 1 unspecified atom stereocenters. The number of amides is 2. The summed E-state index contributed by atoms with van der Waals surface area (Å²) in [4.78, 5) is 42.0. The van der Waals surface area contributed by atoms with Gasteiger partial charge < -0.3 is 30.2 Å². The van der Waals surface area contributed by atoms with Crippen molar-refractivity contribution < 1.29 is 14.3 Å². The van der Waals surface area contributed by atoms with Gasteiger partial charge in [-0.25, -0.2) is 4.79 Å². The second kappa shape index (κ2) is 14.0. The van der Waals surface area contributed by atoms with Gasteiger partial charge in [-0.3, -0.25) is 9.59 Å². The number of carbonyl (C=O) groups excluding carboxylic acids is 2. The van der Waals surface area contributed by atoms with Crippen LogP contribution in [-0.4, -0.2) is 34.1 Å². The Kier molecular flexibility index (Phi) is 9.53. The van der Waals surface area contributed by atoms with Crippen molar-refractivity contribution in [2.45, 2.75) is 39.1 Å². The van der Waals surface area contributed by atoms with Gasteiger partial charge in [0.15, 0.2) is 0 Å². The lowest BCUT2D eigenvalue weighted by Gasteiger charge is -2.21. The number of carbonyl (C=O) groups is 2. The highest BCUT2D eigenvalue weighted by Gasteiger charge is 2.17. The number of hydrogen-bond donors (Lipinski definition) is 4. The van der Waals surface area contributed by atoms with E-state index in [1.54, 1.807) is 19.1 Å². The Morgan fingerprint density at radius 1 is 0.860 bits per heavy atom. The third-order valence-corrected chi connectivity index (χ3v) is 7.19. The van der Waals surface area contributed by atoms with Gasteiger partial charge in [0.1, 0.15) is 18.8 Å². The molecular weight excluding hydrogens is 542 g/mol. The van der Waals surface area contributed by atoms with E-state index in [1.165, 1.54) is 4.57 Å². The average molecular weight is 578 g/mol. The summed E-state index contributed by atoms with van der Waals surface area (Å²) in [5, 5.41) is 10.1. The second-order valence-electron chi connectivity index (χ2n) is 10.4. The minimum Gasteiger partial charge on any atom is -0.445 e. The molecule has 9 heteroatoms. The highest BCUT2D eigenvalue weighted by molar-refractivity contribution is 5.80. The van der Waals surface area contributed by atoms with Crippen LogP contribution in [0.2, 0.25) is 0 Å². The third-order valence-electron chi connectivity index (χ3n) is 7.19. The van der Waals surface area contributed by atoms with Crippen molar-refractivity contribution in [2.24, 2.45) is 0 Å². The van der Waals surface area contributed by atoms with Gasteiger partial charge >= 0.3 is 6.09 Å². The Morgan fingerprint density at radius 2 is 1.60 bits per heavy atom. The molecule has 0 aliphatic rings. The number of aryl methyl sites for hydroxylation is 1. The van der Waals surface area contributed by atoms with Crippen molar-refractivity contribution in [1.29, 1.82) is 0 Å². The number of alkyl carbamates (subject to hydrolysis) is 1. The van der Waals surface area contributed by atoms with E-state index < -0.39 is 6.09 Å². The first kappa shape index (κ1) is 29.2. The van der Waals surface area contributed by atoms with E-state index >= 15 is 0 Å². The molecule has 2 heterocycles. The minimum atomic E-state index is -0.544. The van der Waals surface area contributed by atoms with Crippen LogP contribution in [0.1, 0.15) is 22.4 Å². The van der Waals surface area contributed by atoms with E-state index in [9.17, 15) is 14.4 Å². The number of ether oxygens (including phenoxy) is 1. The number of nitrogens with one attached hydrogen (secondary N) is 4. The average Bonchev–Trinajstić information content (AvgIpc) is 3.50. The Labute approximate surface area is 249 Å². The fraction of sp³-hybridized carbons (Fsp3) is 0.206. The lowest BCUT2D eigenvalue weighted by atomic mass is 10.1. The van der Waals surface area contributed by atoms with Crippen LogP contribution < -0.4 is 21.5 Å². The first-order valence-corrected chi connectivity index (χ1v) is 14.2. The fourth-order valence-electron chi connectivity index (χ4n) is 4.86. The van der Waals surface area contributed by atoms with Gasteiger partial charge in [0.2, 0.25) is 5.91 Å². The molecule has 9 nitrogen and oxygen atoms in total. The first-order valence-electron chi connectivity index (χ1n) is 14.2. The molecule has 0 bridgehead atoms. The highest BCUT2D eigenvalue weighted by atomic mass is 16.5. The van der Waals surface area contributed by atoms with E-state index in [2.05, 4.69) is 20.9 Å². The molecule has 0 spiro atoms. The molecule has 4 N–H and O–H groups in total. The molecule has 0 aliphatic heterocycles. The van der Waals surface area contributed by atoms with Crippen molar-refractivity contribution in [1.82, 2.24) is 20.2 Å². The highest BCUT2D eigenvalue weighted by Crippen LogP contribution is 2.14. The molecule has 5 rings (SSSR count). The van der Waals surface area contributed by atoms with Gasteiger partial charge in [0.05, 0.1) is 0 Å². The molecule has 2 amide bonds. The molecule has 0 saturated carbocycles. The van der Waals surface area contributed by atoms with Crippen LogP contribution in [0.5, 0.6) is 0 Å². The lowest BCUT2D eigenvalue weighted by Crippen LogP contribution is -2.40. The van der Waals surface area contributed by atoms with Crippen LogP contribution in [0.3, 0.4) is 0 Å². The number of fused-ring (bicyclic) bond motifs is 1. The van der Waals surface area contributed by atoms with Gasteiger partial charge in [-0.2, -0.15) is 0 Å². The number of anilines is 1. The number of H-pyrrole nitrogens is 1. The summed E-state index contributed by atoms with van der Waals surface area (Å²) in [6, 6.07) is 30.4. The molecule has 0 aliphatic carbocycles.